The number of hydrogen-bond acceptors (Lipinski definition) is 1. The molecule has 1 aliphatic rings. The Morgan fingerprint density at radius 1 is 1.83 bits per heavy atom. The van der Waals surface area contributed by atoms with Crippen LogP contribution in [0, 0.1) is 0 Å². The van der Waals surface area contributed by atoms with Crippen LogP contribution in [-0.4, -0.2) is 13.4 Å². The van der Waals surface area contributed by atoms with Gasteiger partial charge in [0.2, 0.25) is 0 Å². The molecule has 0 amide bonds. The third-order valence-corrected chi connectivity index (χ3v) is 0.518. The minimum absolute atomic E-state index is 0.407. The van der Waals surface area contributed by atoms with E-state index in [1.165, 1.54) is 13.5 Å². The monoisotopic (exact) mass is 82.0 g/mol. The third kappa shape index (κ3) is 0.480. The zero-order valence-corrected chi connectivity index (χ0v) is 3.06. The highest BCUT2D eigenvalue weighted by Gasteiger charge is 1.93. The van der Waals surface area contributed by atoms with Crippen molar-refractivity contribution < 1.29 is 4.39 Å². The van der Waals surface area contributed by atoms with Crippen molar-refractivity contribution in [1.29, 1.82) is 0 Å². The molecule has 0 spiro atoms. The van der Waals surface area contributed by atoms with Crippen LogP contribution in [0.25, 0.3) is 0 Å². The summed E-state index contributed by atoms with van der Waals surface area (Å²) >= 11 is 0. The van der Waals surface area contributed by atoms with Gasteiger partial charge in [-0.25, -0.2) is 0 Å². The van der Waals surface area contributed by atoms with Gasteiger partial charge in [-0.1, -0.05) is 5.98 Å². The molecule has 0 N–H and O–H groups in total. The molecule has 0 atom stereocenters. The largest absolute Gasteiger partial charge is 0.318 e. The van der Waals surface area contributed by atoms with Gasteiger partial charge in [0.15, 0.2) is 5.97 Å². The van der Waals surface area contributed by atoms with Crippen LogP contribution < -0.4 is 0 Å². The summed E-state index contributed by atoms with van der Waals surface area (Å²) in [5.41, 5.74) is 0. The summed E-state index contributed by atoms with van der Waals surface area (Å²) in [6, 6.07) is 0. The van der Waals surface area contributed by atoms with Crippen LogP contribution in [-0.2, 0) is 0 Å². The van der Waals surface area contributed by atoms with E-state index in [1.54, 1.807) is 5.98 Å². The lowest BCUT2D eigenvalue weighted by Gasteiger charge is -1.67. The van der Waals surface area contributed by atoms with Gasteiger partial charge >= 0.3 is 7.41 Å². The first-order chi connectivity index (χ1) is 2.89. The van der Waals surface area contributed by atoms with Crippen LogP contribution in [0.5, 0.6) is 0 Å². The van der Waals surface area contributed by atoms with E-state index < -0.39 is 5.97 Å². The second-order valence-electron chi connectivity index (χ2n) is 0.960. The lowest BCUT2D eigenvalue weighted by Crippen LogP contribution is -1.72. The Bertz CT molecular complexity index is 105. The molecular formula is C3H2BFN. The molecule has 0 aliphatic carbocycles. The van der Waals surface area contributed by atoms with Gasteiger partial charge in [0.05, 0.1) is 0 Å². The summed E-state index contributed by atoms with van der Waals surface area (Å²) < 4.78 is 11.6. The van der Waals surface area contributed by atoms with Crippen molar-refractivity contribution in [3.63, 3.8) is 0 Å². The number of hydrogen-bond donors (Lipinski definition) is 0. The van der Waals surface area contributed by atoms with E-state index in [4.69, 9.17) is 0 Å². The summed E-state index contributed by atoms with van der Waals surface area (Å²) in [4.78, 5) is 3.25. The van der Waals surface area contributed by atoms with E-state index in [1.807, 2.05) is 0 Å². The minimum atomic E-state index is -0.407. The summed E-state index contributed by atoms with van der Waals surface area (Å²) in [7, 11) is 1.41. The summed E-state index contributed by atoms with van der Waals surface area (Å²) in [6.07, 6.45) is 1.31. The average Bonchev–Trinajstić information content (AvgIpc) is 1.86. The van der Waals surface area contributed by atoms with Crippen molar-refractivity contribution in [3.05, 3.63) is 12.1 Å². The molecule has 3 heteroatoms. The molecular weight excluding hydrogens is 79.8 g/mol. The first-order valence-corrected chi connectivity index (χ1v) is 1.63. The molecule has 0 aromatic rings. The summed E-state index contributed by atoms with van der Waals surface area (Å²) in [6.45, 7) is 0. The van der Waals surface area contributed by atoms with Crippen molar-refractivity contribution in [2.45, 2.75) is 0 Å². The lowest BCUT2D eigenvalue weighted by atomic mass is 10.00. The smallest absolute Gasteiger partial charge is 0.308 e. The summed E-state index contributed by atoms with van der Waals surface area (Å²) in [5.74, 6) is 1.14. The fourth-order valence-corrected chi connectivity index (χ4v) is 0.280. The second kappa shape index (κ2) is 1.24. The van der Waals surface area contributed by atoms with Crippen LogP contribution >= 0.6 is 0 Å². The van der Waals surface area contributed by atoms with Gasteiger partial charge in [0.1, 0.15) is 0 Å². The molecule has 1 radical (unpaired) electrons. The molecule has 0 aromatic heterocycles. The van der Waals surface area contributed by atoms with Crippen molar-refractivity contribution in [1.82, 2.24) is 0 Å². The van der Waals surface area contributed by atoms with Gasteiger partial charge in [0, 0.05) is 0 Å². The Hall–Kier alpha value is -0.595. The van der Waals surface area contributed by atoms with Gasteiger partial charge in [-0.05, 0) is 6.08 Å². The quantitative estimate of drug-likeness (QED) is 0.377. The first-order valence-electron chi connectivity index (χ1n) is 1.63. The van der Waals surface area contributed by atoms with Crippen LogP contribution in [0.1, 0.15) is 0 Å². The highest BCUT2D eigenvalue weighted by Crippen LogP contribution is 1.89. The second-order valence-corrected chi connectivity index (χ2v) is 0.960. The molecule has 0 unspecified atom stereocenters. The maximum atomic E-state index is 11.6. The molecule has 1 heterocycles. The molecule has 1 aliphatic heterocycles. The van der Waals surface area contributed by atoms with E-state index in [9.17, 15) is 4.39 Å². The summed E-state index contributed by atoms with van der Waals surface area (Å²) in [5, 5.41) is 0. The molecule has 29 valence electrons. The van der Waals surface area contributed by atoms with Crippen molar-refractivity contribution in [2.75, 3.05) is 0 Å². The maximum Gasteiger partial charge on any atom is 0.308 e. The number of nitrogens with zero attached hydrogens (tertiary/aromatic N) is 1. The Morgan fingerprint density at radius 3 is 2.83 bits per heavy atom. The fourth-order valence-electron chi connectivity index (χ4n) is 0.280. The Balaban J connectivity index is 2.68. The predicted octanol–water partition coefficient (Wildman–Crippen LogP) is 0.501. The van der Waals surface area contributed by atoms with Gasteiger partial charge in [0.25, 0.3) is 0 Å². The van der Waals surface area contributed by atoms with E-state index in [0.717, 1.165) is 0 Å². The Labute approximate surface area is 35.8 Å². The molecule has 0 fully saturated rings. The van der Waals surface area contributed by atoms with Gasteiger partial charge < -0.3 is 4.90 Å². The zero-order valence-electron chi connectivity index (χ0n) is 3.06. The van der Waals surface area contributed by atoms with E-state index in [0.29, 0.717) is 0 Å². The molecule has 1 rings (SSSR count). The van der Waals surface area contributed by atoms with Crippen LogP contribution in [0.4, 0.5) is 4.39 Å². The van der Waals surface area contributed by atoms with Crippen molar-refractivity contribution in [2.24, 2.45) is 4.90 Å². The highest BCUT2D eigenvalue weighted by molar-refractivity contribution is 6.45. The Kier molecular flexibility index (Phi) is 0.745. The number of allylic oxidation sites excluding steroid dienone is 1. The van der Waals surface area contributed by atoms with Gasteiger partial charge in [-0.15, -0.1) is 0 Å². The van der Waals surface area contributed by atoms with Crippen LogP contribution in [0.15, 0.2) is 17.0 Å². The fraction of sp³-hybridized carbons (Fsp3) is 0. The molecule has 6 heavy (non-hydrogen) atoms. The van der Waals surface area contributed by atoms with E-state index in [-0.39, 0.29) is 0 Å². The standard InChI is InChI=1S/C3H2BFN/c5-3-1-2-4-6-3/h1-2H. The normalized spacial score (nSPS) is 17.2. The van der Waals surface area contributed by atoms with Gasteiger partial charge in [-0.2, -0.15) is 4.39 Å². The third-order valence-electron chi connectivity index (χ3n) is 0.518. The van der Waals surface area contributed by atoms with E-state index in [2.05, 4.69) is 4.90 Å². The number of rotatable bonds is 0. The molecule has 0 bridgehead atoms. The predicted molar refractivity (Wildman–Crippen MR) is 23.4 cm³/mol. The van der Waals surface area contributed by atoms with Crippen LogP contribution in [0.2, 0.25) is 0 Å². The first kappa shape index (κ1) is 3.59. The SMILES string of the molecule is FC1=N[B]C=C1. The van der Waals surface area contributed by atoms with Gasteiger partial charge in [-0.3, -0.25) is 0 Å². The molecule has 0 aromatic carbocycles. The topological polar surface area (TPSA) is 12.4 Å². The van der Waals surface area contributed by atoms with Crippen molar-refractivity contribution in [3.8, 4) is 0 Å². The zero-order chi connectivity index (χ0) is 4.41. The lowest BCUT2D eigenvalue weighted by molar-refractivity contribution is 0.819. The molecule has 0 saturated carbocycles. The maximum absolute atomic E-state index is 11.6. The van der Waals surface area contributed by atoms with E-state index >= 15 is 0 Å². The van der Waals surface area contributed by atoms with Crippen LogP contribution in [0.3, 0.4) is 0 Å². The highest BCUT2D eigenvalue weighted by atomic mass is 19.1. The van der Waals surface area contributed by atoms with Crippen molar-refractivity contribution >= 4 is 13.4 Å². The minimum Gasteiger partial charge on any atom is -0.318 e. The number of halogens is 1. The average molecular weight is 81.9 g/mol. The Morgan fingerprint density at radius 2 is 2.67 bits per heavy atom. The molecule has 1 nitrogen and oxygen atoms in total. The molecule has 0 saturated heterocycles.